The van der Waals surface area contributed by atoms with Gasteiger partial charge in [0.1, 0.15) is 24.8 Å². The predicted octanol–water partition coefficient (Wildman–Crippen LogP) is -0.168. The molecule has 0 unspecified atom stereocenters. The first-order chi connectivity index (χ1) is 9.74. The number of benzene rings is 1. The van der Waals surface area contributed by atoms with E-state index in [1.54, 1.807) is 24.3 Å². The van der Waals surface area contributed by atoms with Crippen LogP contribution in [0.5, 0.6) is 5.75 Å². The number of rotatable bonds is 5. The number of ether oxygens (including phenoxy) is 1. The first-order valence-corrected chi connectivity index (χ1v) is 5.77. The smallest absolute Gasteiger partial charge is 0.268 e. The number of hydrogen-bond donors (Lipinski definition) is 2. The van der Waals surface area contributed by atoms with Crippen molar-refractivity contribution in [3.05, 3.63) is 42.0 Å². The highest BCUT2D eigenvalue weighted by Gasteiger charge is 2.10. The molecule has 8 heteroatoms. The monoisotopic (exact) mass is 272 g/mol. The van der Waals surface area contributed by atoms with Gasteiger partial charge in [-0.2, -0.15) is 5.26 Å². The Kier molecular flexibility index (Phi) is 4.26. The third kappa shape index (κ3) is 3.09. The molecular formula is C12H12N6O2. The van der Waals surface area contributed by atoms with Crippen molar-refractivity contribution in [1.82, 2.24) is 20.2 Å². The number of amides is 1. The highest BCUT2D eigenvalue weighted by Crippen LogP contribution is 2.17. The van der Waals surface area contributed by atoms with Gasteiger partial charge in [0, 0.05) is 0 Å². The molecule has 0 aliphatic carbocycles. The Morgan fingerprint density at radius 2 is 2.30 bits per heavy atom. The minimum atomic E-state index is -0.423. The van der Waals surface area contributed by atoms with Crippen molar-refractivity contribution < 1.29 is 9.53 Å². The van der Waals surface area contributed by atoms with E-state index >= 15 is 0 Å². The molecule has 3 N–H and O–H groups in total. The molecular weight excluding hydrogens is 260 g/mol. The summed E-state index contributed by atoms with van der Waals surface area (Å²) in [5.41, 5.74) is 2.41. The number of carbonyl (C=O) groups is 1. The molecule has 0 fully saturated rings. The van der Waals surface area contributed by atoms with E-state index in [2.05, 4.69) is 15.5 Å². The maximum atomic E-state index is 11.5. The number of nitrogen functional groups attached to an aromatic ring is 1. The molecule has 0 bridgehead atoms. The molecule has 0 aliphatic rings. The lowest BCUT2D eigenvalue weighted by Crippen LogP contribution is -2.30. The van der Waals surface area contributed by atoms with Crippen LogP contribution in [0.2, 0.25) is 0 Å². The second-order valence-electron chi connectivity index (χ2n) is 3.76. The molecule has 1 heterocycles. The van der Waals surface area contributed by atoms with Gasteiger partial charge in [-0.3, -0.25) is 10.2 Å². The molecule has 2 rings (SSSR count). The fourth-order valence-electron chi connectivity index (χ4n) is 1.56. The molecule has 102 valence electrons. The Labute approximate surface area is 114 Å². The summed E-state index contributed by atoms with van der Waals surface area (Å²) in [5.74, 6) is 5.21. The molecule has 0 saturated carbocycles. The zero-order valence-corrected chi connectivity index (χ0v) is 10.5. The molecule has 0 atom stereocenters. The quantitative estimate of drug-likeness (QED) is 0.443. The first kappa shape index (κ1) is 13.5. The normalized spacial score (nSPS) is 9.80. The maximum absolute atomic E-state index is 11.5. The van der Waals surface area contributed by atoms with Crippen LogP contribution in [0.4, 0.5) is 0 Å². The van der Waals surface area contributed by atoms with Crippen LogP contribution >= 0.6 is 0 Å². The molecule has 1 amide bonds. The van der Waals surface area contributed by atoms with Gasteiger partial charge < -0.3 is 4.74 Å². The average Bonchev–Trinajstić information content (AvgIpc) is 2.95. The number of carbonyl (C=O) groups excluding carboxylic acids is 1. The van der Waals surface area contributed by atoms with Gasteiger partial charge in [-0.25, -0.2) is 15.5 Å². The van der Waals surface area contributed by atoms with E-state index in [1.807, 2.05) is 6.07 Å². The van der Waals surface area contributed by atoms with Crippen LogP contribution < -0.4 is 16.0 Å². The van der Waals surface area contributed by atoms with Crippen molar-refractivity contribution in [3.63, 3.8) is 0 Å². The molecule has 0 spiro atoms. The van der Waals surface area contributed by atoms with Crippen LogP contribution in [0, 0.1) is 11.3 Å². The van der Waals surface area contributed by atoms with E-state index in [1.165, 1.54) is 11.0 Å². The standard InChI is InChI=1S/C12H12N6O2/c13-7-11-15-8-18(17-11)5-6-20-10-4-2-1-3-9(10)12(19)16-14/h1-4,8H,5-6,14H2,(H,16,19). The number of hydrazine groups is 1. The first-order valence-electron chi connectivity index (χ1n) is 5.77. The van der Waals surface area contributed by atoms with Crippen molar-refractivity contribution in [1.29, 1.82) is 5.26 Å². The Morgan fingerprint density at radius 1 is 1.50 bits per heavy atom. The van der Waals surface area contributed by atoms with Crippen molar-refractivity contribution >= 4 is 5.91 Å². The van der Waals surface area contributed by atoms with Crippen LogP contribution in [0.3, 0.4) is 0 Å². The Bertz CT molecular complexity index is 645. The summed E-state index contributed by atoms with van der Waals surface area (Å²) in [6, 6.07) is 8.59. The van der Waals surface area contributed by atoms with Gasteiger partial charge in [0.25, 0.3) is 11.7 Å². The fourth-order valence-corrected chi connectivity index (χ4v) is 1.56. The van der Waals surface area contributed by atoms with Crippen LogP contribution in [-0.2, 0) is 6.54 Å². The van der Waals surface area contributed by atoms with Gasteiger partial charge in [-0.15, -0.1) is 5.10 Å². The van der Waals surface area contributed by atoms with Crippen molar-refractivity contribution in [2.24, 2.45) is 5.84 Å². The van der Waals surface area contributed by atoms with Crippen LogP contribution in [0.1, 0.15) is 16.2 Å². The summed E-state index contributed by atoms with van der Waals surface area (Å²) in [4.78, 5) is 15.3. The van der Waals surface area contributed by atoms with Crippen LogP contribution in [0.25, 0.3) is 0 Å². The zero-order chi connectivity index (χ0) is 14.4. The largest absolute Gasteiger partial charge is 0.491 e. The number of hydrogen-bond acceptors (Lipinski definition) is 6. The van der Waals surface area contributed by atoms with Crippen molar-refractivity contribution in [3.8, 4) is 11.8 Å². The lowest BCUT2D eigenvalue weighted by atomic mass is 10.2. The van der Waals surface area contributed by atoms with Gasteiger partial charge in [-0.1, -0.05) is 12.1 Å². The summed E-state index contributed by atoms with van der Waals surface area (Å²) in [7, 11) is 0. The number of nitrogens with two attached hydrogens (primary N) is 1. The second kappa shape index (κ2) is 6.31. The number of para-hydroxylation sites is 1. The van der Waals surface area contributed by atoms with E-state index in [-0.39, 0.29) is 12.4 Å². The van der Waals surface area contributed by atoms with Crippen LogP contribution in [0.15, 0.2) is 30.6 Å². The summed E-state index contributed by atoms with van der Waals surface area (Å²) in [5, 5.41) is 12.5. The van der Waals surface area contributed by atoms with E-state index in [0.29, 0.717) is 17.9 Å². The van der Waals surface area contributed by atoms with Gasteiger partial charge in [0.2, 0.25) is 0 Å². The molecule has 2 aromatic rings. The molecule has 1 aromatic heterocycles. The summed E-state index contributed by atoms with van der Waals surface area (Å²) in [6.07, 6.45) is 1.44. The molecule has 1 aromatic carbocycles. The van der Waals surface area contributed by atoms with Gasteiger partial charge >= 0.3 is 0 Å². The molecule has 0 aliphatic heterocycles. The summed E-state index contributed by atoms with van der Waals surface area (Å²) < 4.78 is 7.01. The number of aromatic nitrogens is 3. The number of nitriles is 1. The van der Waals surface area contributed by atoms with E-state index < -0.39 is 5.91 Å². The highest BCUT2D eigenvalue weighted by molar-refractivity contribution is 5.96. The minimum Gasteiger partial charge on any atom is -0.491 e. The Balaban J connectivity index is 1.97. The fraction of sp³-hybridized carbons (Fsp3) is 0.167. The molecule has 0 radical (unpaired) electrons. The second-order valence-corrected chi connectivity index (χ2v) is 3.76. The van der Waals surface area contributed by atoms with Crippen molar-refractivity contribution in [2.45, 2.75) is 6.54 Å². The maximum Gasteiger partial charge on any atom is 0.268 e. The van der Waals surface area contributed by atoms with Crippen LogP contribution in [-0.4, -0.2) is 27.3 Å². The summed E-state index contributed by atoms with van der Waals surface area (Å²) in [6.45, 7) is 0.691. The van der Waals surface area contributed by atoms with Gasteiger partial charge in [0.05, 0.1) is 12.1 Å². The van der Waals surface area contributed by atoms with Crippen molar-refractivity contribution in [2.75, 3.05) is 6.61 Å². The highest BCUT2D eigenvalue weighted by atomic mass is 16.5. The van der Waals surface area contributed by atoms with E-state index in [4.69, 9.17) is 15.8 Å². The topological polar surface area (TPSA) is 119 Å². The Morgan fingerprint density at radius 3 is 3.00 bits per heavy atom. The Hall–Kier alpha value is -2.92. The molecule has 0 saturated heterocycles. The van der Waals surface area contributed by atoms with Gasteiger partial charge in [-0.05, 0) is 12.1 Å². The third-order valence-electron chi connectivity index (χ3n) is 2.48. The average molecular weight is 272 g/mol. The minimum absolute atomic E-state index is 0.105. The zero-order valence-electron chi connectivity index (χ0n) is 10.5. The molecule has 20 heavy (non-hydrogen) atoms. The number of nitrogens with one attached hydrogen (secondary N) is 1. The number of nitrogens with zero attached hydrogens (tertiary/aromatic N) is 4. The predicted molar refractivity (Wildman–Crippen MR) is 68.3 cm³/mol. The summed E-state index contributed by atoms with van der Waals surface area (Å²) >= 11 is 0. The lowest BCUT2D eigenvalue weighted by Gasteiger charge is -2.10. The lowest BCUT2D eigenvalue weighted by molar-refractivity contribution is 0.0949. The van der Waals surface area contributed by atoms with E-state index in [0.717, 1.165) is 0 Å². The third-order valence-corrected chi connectivity index (χ3v) is 2.48. The van der Waals surface area contributed by atoms with E-state index in [9.17, 15) is 4.79 Å². The van der Waals surface area contributed by atoms with Gasteiger partial charge in [0.15, 0.2) is 0 Å². The SMILES string of the molecule is N#Cc1ncn(CCOc2ccccc2C(=O)NN)n1. The molecule has 8 nitrogen and oxygen atoms in total.